The van der Waals surface area contributed by atoms with E-state index in [1.807, 2.05) is 48.5 Å². The molecule has 35 heavy (non-hydrogen) atoms. The highest BCUT2D eigenvalue weighted by Gasteiger charge is 2.46. The van der Waals surface area contributed by atoms with Crippen LogP contribution in [0.3, 0.4) is 0 Å². The largest absolute Gasteiger partial charge is 0.303 e. The molecule has 1 aliphatic carbocycles. The van der Waals surface area contributed by atoms with Crippen LogP contribution in [-0.4, -0.2) is 35.4 Å². The maximum Gasteiger partial charge on any atom is 0.229 e. The number of hydrogen-bond acceptors (Lipinski definition) is 4. The summed E-state index contributed by atoms with van der Waals surface area (Å²) in [5, 5.41) is 4.90. The number of anilines is 1. The average Bonchev–Trinajstić information content (AvgIpc) is 3.57. The molecule has 178 valence electrons. The Kier molecular flexibility index (Phi) is 5.19. The number of aromatic nitrogens is 2. The van der Waals surface area contributed by atoms with E-state index in [1.54, 1.807) is 27.9 Å². The van der Waals surface area contributed by atoms with Gasteiger partial charge in [0.05, 0.1) is 34.7 Å². The van der Waals surface area contributed by atoms with E-state index in [9.17, 15) is 17.6 Å². The van der Waals surface area contributed by atoms with E-state index in [0.29, 0.717) is 18.5 Å². The van der Waals surface area contributed by atoms with Crippen molar-refractivity contribution in [1.29, 1.82) is 0 Å². The first-order valence-electron chi connectivity index (χ1n) is 11.5. The minimum Gasteiger partial charge on any atom is -0.303 e. The number of carbonyl (C=O) groups excluding carboxylic acids is 1. The molecule has 9 heteroatoms. The molecule has 7 nitrogen and oxygen atoms in total. The Morgan fingerprint density at radius 2 is 1.66 bits per heavy atom. The Bertz CT molecular complexity index is 1520. The predicted molar refractivity (Wildman–Crippen MR) is 131 cm³/mol. The van der Waals surface area contributed by atoms with Gasteiger partial charge >= 0.3 is 0 Å². The van der Waals surface area contributed by atoms with Gasteiger partial charge in [0.2, 0.25) is 15.9 Å². The first-order valence-corrected chi connectivity index (χ1v) is 13.1. The van der Waals surface area contributed by atoms with Crippen molar-refractivity contribution in [3.63, 3.8) is 0 Å². The number of nitrogens with zero attached hydrogens (tertiary/aromatic N) is 3. The third-order valence-electron chi connectivity index (χ3n) is 6.64. The van der Waals surface area contributed by atoms with Crippen molar-refractivity contribution in [3.05, 3.63) is 90.4 Å². The fraction of sp³-hybridized carbons (Fsp3) is 0.231. The fourth-order valence-corrected chi connectivity index (χ4v) is 6.40. The SMILES string of the molecule is O=C1C[C@H](NS(=O)(=O)C2CC2)[C@@H](c2ccccc2)N1c1ccc2c(cnn2-c2ccc(F)cc2)c1. The lowest BCUT2D eigenvalue weighted by molar-refractivity contribution is -0.117. The molecule has 0 radical (unpaired) electrons. The Balaban J connectivity index is 1.39. The van der Waals surface area contributed by atoms with Crippen LogP contribution in [0.4, 0.5) is 10.1 Å². The van der Waals surface area contributed by atoms with Crippen LogP contribution >= 0.6 is 0 Å². The molecule has 1 saturated carbocycles. The van der Waals surface area contributed by atoms with E-state index in [4.69, 9.17) is 0 Å². The second kappa shape index (κ2) is 8.28. The zero-order valence-electron chi connectivity index (χ0n) is 18.7. The van der Waals surface area contributed by atoms with E-state index >= 15 is 0 Å². The number of sulfonamides is 1. The van der Waals surface area contributed by atoms with Gasteiger partial charge in [-0.05, 0) is 60.9 Å². The predicted octanol–water partition coefficient (Wildman–Crippen LogP) is 4.09. The zero-order valence-corrected chi connectivity index (χ0v) is 19.5. The van der Waals surface area contributed by atoms with Crippen LogP contribution in [0.2, 0.25) is 0 Å². The van der Waals surface area contributed by atoms with Crippen LogP contribution in [-0.2, 0) is 14.8 Å². The molecule has 0 unspecified atom stereocenters. The topological polar surface area (TPSA) is 84.3 Å². The summed E-state index contributed by atoms with van der Waals surface area (Å²) in [5.41, 5.74) is 3.07. The van der Waals surface area contributed by atoms with Crippen molar-refractivity contribution in [3.8, 4) is 5.69 Å². The molecule has 0 spiro atoms. The fourth-order valence-electron chi connectivity index (χ4n) is 4.82. The molecule has 1 saturated heterocycles. The van der Waals surface area contributed by atoms with Crippen molar-refractivity contribution >= 4 is 32.5 Å². The van der Waals surface area contributed by atoms with Gasteiger partial charge in [-0.25, -0.2) is 22.2 Å². The number of carbonyl (C=O) groups is 1. The van der Waals surface area contributed by atoms with Crippen LogP contribution in [0, 0.1) is 5.82 Å². The normalized spacial score (nSPS) is 20.6. The van der Waals surface area contributed by atoms with Gasteiger partial charge in [-0.15, -0.1) is 0 Å². The monoisotopic (exact) mass is 490 g/mol. The third kappa shape index (κ3) is 4.00. The van der Waals surface area contributed by atoms with E-state index in [-0.39, 0.29) is 23.4 Å². The molecule has 2 heterocycles. The Morgan fingerprint density at radius 3 is 2.37 bits per heavy atom. The Labute approximate surface area is 202 Å². The van der Waals surface area contributed by atoms with Crippen molar-refractivity contribution < 1.29 is 17.6 Å². The molecule has 1 aromatic heterocycles. The Morgan fingerprint density at radius 1 is 0.943 bits per heavy atom. The molecule has 2 aliphatic rings. The van der Waals surface area contributed by atoms with Gasteiger partial charge in [0.1, 0.15) is 5.82 Å². The number of amides is 1. The van der Waals surface area contributed by atoms with Crippen molar-refractivity contribution in [1.82, 2.24) is 14.5 Å². The van der Waals surface area contributed by atoms with Crippen LogP contribution in [0.1, 0.15) is 30.9 Å². The second-order valence-corrected chi connectivity index (χ2v) is 11.1. The summed E-state index contributed by atoms with van der Waals surface area (Å²) in [4.78, 5) is 15.0. The van der Waals surface area contributed by atoms with Crippen molar-refractivity contribution in [2.24, 2.45) is 0 Å². The minimum atomic E-state index is -3.47. The highest BCUT2D eigenvalue weighted by atomic mass is 32.2. The lowest BCUT2D eigenvalue weighted by Gasteiger charge is -2.29. The van der Waals surface area contributed by atoms with Gasteiger partial charge in [0.25, 0.3) is 0 Å². The van der Waals surface area contributed by atoms with Gasteiger partial charge in [-0.3, -0.25) is 4.79 Å². The van der Waals surface area contributed by atoms with E-state index in [2.05, 4.69) is 9.82 Å². The number of fused-ring (bicyclic) bond motifs is 1. The molecule has 4 aromatic rings. The van der Waals surface area contributed by atoms with Crippen molar-refractivity contribution in [2.45, 2.75) is 36.6 Å². The zero-order chi connectivity index (χ0) is 24.2. The summed E-state index contributed by atoms with van der Waals surface area (Å²) in [6, 6.07) is 20.1. The molecular formula is C26H23FN4O3S. The number of benzene rings is 3. The van der Waals surface area contributed by atoms with E-state index < -0.39 is 22.1 Å². The molecular weight excluding hydrogens is 467 g/mol. The van der Waals surface area contributed by atoms with Crippen LogP contribution < -0.4 is 9.62 Å². The summed E-state index contributed by atoms with van der Waals surface area (Å²) in [6.45, 7) is 0. The summed E-state index contributed by atoms with van der Waals surface area (Å²) in [6.07, 6.45) is 3.10. The summed E-state index contributed by atoms with van der Waals surface area (Å²) >= 11 is 0. The first-order chi connectivity index (χ1) is 16.9. The molecule has 1 aliphatic heterocycles. The number of rotatable bonds is 6. The van der Waals surface area contributed by atoms with E-state index in [0.717, 1.165) is 22.2 Å². The number of halogens is 1. The lowest BCUT2D eigenvalue weighted by Crippen LogP contribution is -2.41. The molecule has 3 aromatic carbocycles. The number of nitrogens with one attached hydrogen (secondary N) is 1. The average molecular weight is 491 g/mol. The summed E-state index contributed by atoms with van der Waals surface area (Å²) < 4.78 is 43.4. The second-order valence-electron chi connectivity index (χ2n) is 9.07. The van der Waals surface area contributed by atoms with Crippen LogP contribution in [0.5, 0.6) is 0 Å². The lowest BCUT2D eigenvalue weighted by atomic mass is 10.0. The molecule has 2 atom stereocenters. The van der Waals surface area contributed by atoms with E-state index in [1.165, 1.54) is 12.1 Å². The summed E-state index contributed by atoms with van der Waals surface area (Å²) in [7, 11) is -3.47. The third-order valence-corrected chi connectivity index (χ3v) is 8.62. The highest BCUT2D eigenvalue weighted by Crippen LogP contribution is 2.40. The highest BCUT2D eigenvalue weighted by molar-refractivity contribution is 7.90. The molecule has 1 N–H and O–H groups in total. The van der Waals surface area contributed by atoms with Crippen LogP contribution in [0.15, 0.2) is 79.0 Å². The Hall–Kier alpha value is -3.56. The van der Waals surface area contributed by atoms with Crippen LogP contribution in [0.25, 0.3) is 16.6 Å². The van der Waals surface area contributed by atoms with Gasteiger partial charge < -0.3 is 4.90 Å². The maximum atomic E-state index is 13.4. The molecule has 6 rings (SSSR count). The quantitative estimate of drug-likeness (QED) is 0.441. The molecule has 0 bridgehead atoms. The van der Waals surface area contributed by atoms with Gasteiger partial charge in [-0.2, -0.15) is 5.10 Å². The summed E-state index contributed by atoms with van der Waals surface area (Å²) in [5.74, 6) is -0.466. The molecule has 2 fully saturated rings. The number of hydrogen-bond donors (Lipinski definition) is 1. The van der Waals surface area contributed by atoms with Crippen molar-refractivity contribution in [2.75, 3.05) is 4.90 Å². The minimum absolute atomic E-state index is 0.0817. The van der Waals surface area contributed by atoms with Gasteiger partial charge in [0, 0.05) is 17.5 Å². The smallest absolute Gasteiger partial charge is 0.229 e. The maximum absolute atomic E-state index is 13.4. The first kappa shape index (κ1) is 21.9. The van der Waals surface area contributed by atoms with Gasteiger partial charge in [-0.1, -0.05) is 30.3 Å². The standard InChI is InChI=1S/C26H23FN4O3S/c27-19-6-8-20(9-7-19)31-24-13-10-21(14-18(24)16-28-31)30-25(32)15-23(29-35(33,34)22-11-12-22)26(30)17-4-2-1-3-5-17/h1-10,13-14,16,22-23,26,29H,11-12,15H2/t23-,26+/m0/s1. The molecule has 1 amide bonds. The van der Waals surface area contributed by atoms with Gasteiger partial charge in [0.15, 0.2) is 0 Å².